The summed E-state index contributed by atoms with van der Waals surface area (Å²) in [6, 6.07) is -0.916. The highest BCUT2D eigenvalue weighted by atomic mass is 31.2. The van der Waals surface area contributed by atoms with Gasteiger partial charge in [0.1, 0.15) is 0 Å². The summed E-state index contributed by atoms with van der Waals surface area (Å²) in [7, 11) is -4.37. The summed E-state index contributed by atoms with van der Waals surface area (Å²) < 4.78 is 22.1. The predicted octanol–water partition coefficient (Wildman–Crippen LogP) is 12.9. The molecule has 0 rings (SSSR count). The van der Waals surface area contributed by atoms with Crippen LogP contribution in [0.15, 0.2) is 109 Å². The van der Waals surface area contributed by atoms with E-state index in [4.69, 9.17) is 14.8 Å². The van der Waals surface area contributed by atoms with Crippen molar-refractivity contribution in [3.05, 3.63) is 109 Å². The SMILES string of the molecule is CC/C=C\C/C=C\C/C=C\C/C=C\C/C=C\C/C=C\C/C=C\CCCC(=O)NC(COP(=O)(O)OCCN)C(O)/C=C/CC/C=C/CCCCCCCCCCCC. The van der Waals surface area contributed by atoms with E-state index in [1.165, 1.54) is 64.2 Å². The Labute approximate surface area is 354 Å². The van der Waals surface area contributed by atoms with Gasteiger partial charge in [-0.3, -0.25) is 13.8 Å². The molecule has 0 aromatic heterocycles. The molecule has 0 radical (unpaired) electrons. The Kier molecular flexibility index (Phi) is 41.6. The molecule has 0 saturated heterocycles. The van der Waals surface area contributed by atoms with Crippen molar-refractivity contribution in [2.75, 3.05) is 19.8 Å². The minimum Gasteiger partial charge on any atom is -0.387 e. The average Bonchev–Trinajstić information content (AvgIpc) is 3.21. The number of hydrogen-bond donors (Lipinski definition) is 4. The average molecular weight is 827 g/mol. The van der Waals surface area contributed by atoms with Crippen molar-refractivity contribution in [2.24, 2.45) is 5.73 Å². The van der Waals surface area contributed by atoms with Gasteiger partial charge in [0.05, 0.1) is 25.4 Å². The molecule has 8 nitrogen and oxygen atoms in total. The summed E-state index contributed by atoms with van der Waals surface area (Å²) in [6.45, 7) is 3.93. The maximum Gasteiger partial charge on any atom is 0.472 e. The van der Waals surface area contributed by atoms with Gasteiger partial charge >= 0.3 is 7.82 Å². The molecule has 0 aliphatic carbocycles. The first-order valence-electron chi connectivity index (χ1n) is 22.5. The lowest BCUT2D eigenvalue weighted by Gasteiger charge is -2.23. The largest absolute Gasteiger partial charge is 0.472 e. The van der Waals surface area contributed by atoms with E-state index in [0.29, 0.717) is 6.42 Å². The lowest BCUT2D eigenvalue weighted by atomic mass is 10.1. The monoisotopic (exact) mass is 827 g/mol. The number of carbonyl (C=O) groups is 1. The van der Waals surface area contributed by atoms with E-state index < -0.39 is 20.0 Å². The van der Waals surface area contributed by atoms with Crippen molar-refractivity contribution in [1.82, 2.24) is 5.32 Å². The number of rotatable bonds is 40. The molecule has 1 amide bonds. The van der Waals surface area contributed by atoms with Crippen LogP contribution in [0.2, 0.25) is 0 Å². The van der Waals surface area contributed by atoms with Crippen molar-refractivity contribution in [1.29, 1.82) is 0 Å². The van der Waals surface area contributed by atoms with Gasteiger partial charge in [-0.15, -0.1) is 0 Å². The molecule has 9 heteroatoms. The maximum absolute atomic E-state index is 12.8. The third-order valence-electron chi connectivity index (χ3n) is 9.08. The summed E-state index contributed by atoms with van der Waals surface area (Å²) in [5, 5.41) is 13.6. The highest BCUT2D eigenvalue weighted by molar-refractivity contribution is 7.47. The Hall–Kier alpha value is -2.84. The van der Waals surface area contributed by atoms with E-state index in [0.717, 1.165) is 70.6 Å². The Morgan fingerprint density at radius 3 is 1.53 bits per heavy atom. The Morgan fingerprint density at radius 1 is 0.586 bits per heavy atom. The second-order valence-corrected chi connectivity index (χ2v) is 16.0. The van der Waals surface area contributed by atoms with Gasteiger partial charge in [-0.1, -0.05) is 181 Å². The molecule has 0 aromatic rings. The second kappa shape index (κ2) is 43.7. The fourth-order valence-corrected chi connectivity index (χ4v) is 6.48. The molecule has 0 bridgehead atoms. The van der Waals surface area contributed by atoms with Gasteiger partial charge in [-0.2, -0.15) is 0 Å². The summed E-state index contributed by atoms with van der Waals surface area (Å²) in [5.41, 5.74) is 5.37. The minimum absolute atomic E-state index is 0.0585. The Morgan fingerprint density at radius 2 is 1.02 bits per heavy atom. The van der Waals surface area contributed by atoms with Crippen LogP contribution in [0.4, 0.5) is 0 Å². The zero-order valence-corrected chi connectivity index (χ0v) is 37.4. The van der Waals surface area contributed by atoms with Crippen LogP contribution in [-0.4, -0.2) is 47.8 Å². The first-order valence-corrected chi connectivity index (χ1v) is 24.0. The smallest absolute Gasteiger partial charge is 0.387 e. The Bertz CT molecular complexity index is 1270. The number of aliphatic hydroxyl groups is 1. The van der Waals surface area contributed by atoms with Gasteiger partial charge in [0.15, 0.2) is 0 Å². The number of phosphoric ester groups is 1. The highest BCUT2D eigenvalue weighted by Crippen LogP contribution is 2.43. The van der Waals surface area contributed by atoms with Crippen molar-refractivity contribution in [3.8, 4) is 0 Å². The molecule has 0 spiro atoms. The van der Waals surface area contributed by atoms with Gasteiger partial charge in [0.2, 0.25) is 5.91 Å². The third-order valence-corrected chi connectivity index (χ3v) is 10.1. The highest BCUT2D eigenvalue weighted by Gasteiger charge is 2.26. The van der Waals surface area contributed by atoms with E-state index >= 15 is 0 Å². The van der Waals surface area contributed by atoms with Crippen LogP contribution < -0.4 is 11.1 Å². The van der Waals surface area contributed by atoms with E-state index in [9.17, 15) is 19.4 Å². The molecule has 58 heavy (non-hydrogen) atoms. The lowest BCUT2D eigenvalue weighted by Crippen LogP contribution is -2.45. The van der Waals surface area contributed by atoms with Crippen LogP contribution in [0.25, 0.3) is 0 Å². The normalized spacial score (nSPS) is 15.1. The van der Waals surface area contributed by atoms with Gasteiger partial charge in [0.25, 0.3) is 0 Å². The maximum atomic E-state index is 12.8. The quantitative estimate of drug-likeness (QED) is 0.0275. The van der Waals surface area contributed by atoms with Crippen LogP contribution in [0, 0.1) is 0 Å². The first-order chi connectivity index (χ1) is 28.4. The number of unbranched alkanes of at least 4 members (excludes halogenated alkanes) is 12. The molecule has 330 valence electrons. The van der Waals surface area contributed by atoms with Gasteiger partial charge < -0.3 is 21.1 Å². The zero-order chi connectivity index (χ0) is 42.5. The summed E-state index contributed by atoms with van der Waals surface area (Å²) in [5.74, 6) is -0.267. The van der Waals surface area contributed by atoms with Crippen LogP contribution in [-0.2, 0) is 18.4 Å². The Balaban J connectivity index is 4.39. The van der Waals surface area contributed by atoms with Gasteiger partial charge in [0, 0.05) is 13.0 Å². The van der Waals surface area contributed by atoms with Crippen molar-refractivity contribution in [3.63, 3.8) is 0 Å². The number of aliphatic hydroxyl groups excluding tert-OH is 1. The summed E-state index contributed by atoms with van der Waals surface area (Å²) >= 11 is 0. The van der Waals surface area contributed by atoms with Crippen molar-refractivity contribution < 1.29 is 28.4 Å². The number of allylic oxidation sites excluding steroid dienone is 17. The number of amides is 1. The lowest BCUT2D eigenvalue weighted by molar-refractivity contribution is -0.122. The molecular formula is C49H83N2O6P. The molecular weight excluding hydrogens is 744 g/mol. The first kappa shape index (κ1) is 55.2. The molecule has 0 saturated carbocycles. The topological polar surface area (TPSA) is 131 Å². The molecule has 3 unspecified atom stereocenters. The molecule has 0 aliphatic heterocycles. The van der Waals surface area contributed by atoms with Crippen LogP contribution in [0.3, 0.4) is 0 Å². The number of nitrogens with two attached hydrogens (primary N) is 1. The molecule has 0 fully saturated rings. The van der Waals surface area contributed by atoms with Gasteiger partial charge in [-0.05, 0) is 83.5 Å². The molecule has 0 aromatic carbocycles. The molecule has 3 atom stereocenters. The van der Waals surface area contributed by atoms with E-state index in [2.05, 4.69) is 116 Å². The fourth-order valence-electron chi connectivity index (χ4n) is 5.72. The van der Waals surface area contributed by atoms with Crippen molar-refractivity contribution >= 4 is 13.7 Å². The number of phosphoric acid groups is 1. The molecule has 5 N–H and O–H groups in total. The third kappa shape index (κ3) is 41.3. The number of nitrogens with one attached hydrogen (secondary N) is 1. The van der Waals surface area contributed by atoms with Crippen molar-refractivity contribution in [2.45, 2.75) is 174 Å². The van der Waals surface area contributed by atoms with E-state index in [-0.39, 0.29) is 32.1 Å². The minimum atomic E-state index is -4.37. The van der Waals surface area contributed by atoms with Crippen LogP contribution in [0.5, 0.6) is 0 Å². The number of hydrogen-bond acceptors (Lipinski definition) is 6. The molecule has 0 heterocycles. The van der Waals surface area contributed by atoms with Crippen LogP contribution >= 0.6 is 7.82 Å². The van der Waals surface area contributed by atoms with Crippen LogP contribution in [0.1, 0.15) is 162 Å². The van der Waals surface area contributed by atoms with E-state index in [1.807, 2.05) is 6.08 Å². The summed E-state index contributed by atoms with van der Waals surface area (Å²) in [4.78, 5) is 22.7. The van der Waals surface area contributed by atoms with E-state index in [1.54, 1.807) is 6.08 Å². The number of carbonyl (C=O) groups excluding carboxylic acids is 1. The van der Waals surface area contributed by atoms with Gasteiger partial charge in [-0.25, -0.2) is 4.57 Å². The second-order valence-electron chi connectivity index (χ2n) is 14.5. The fraction of sp³-hybridized carbons (Fsp3) is 0.612. The standard InChI is InChI=1S/C49H83N2O6P/c1-3-5-7-9-11-13-15-17-19-21-22-23-24-25-26-27-29-31-33-35-37-39-41-43-49(53)51-47(46-57-58(54,55)56-45-44-50)48(52)42-40-38-36-34-32-30-28-20-18-16-14-12-10-8-6-4-2/h5,7,11,13,17,19,22-23,25-26,29,31-32,34-35,37,40,42,47-48,52H,3-4,6,8-10,12,14-16,18,20-21,24,27-28,30,33,36,38-39,41,43-46,50H2,1-2H3,(H,51,53)(H,54,55)/b7-5-,13-11-,19-17-,23-22-,26-25-,31-29-,34-32+,37-35-,42-40+. The summed E-state index contributed by atoms with van der Waals surface area (Å²) in [6.07, 6.45) is 61.5. The predicted molar refractivity (Wildman–Crippen MR) is 249 cm³/mol. The zero-order valence-electron chi connectivity index (χ0n) is 36.5. The molecule has 0 aliphatic rings.